The Hall–Kier alpha value is -2.34. The fourth-order valence-electron chi connectivity index (χ4n) is 3.63. The van der Waals surface area contributed by atoms with E-state index in [2.05, 4.69) is 23.5 Å². The molecule has 2 aromatic rings. The largest absolute Gasteiger partial charge is 0.348 e. The van der Waals surface area contributed by atoms with Crippen LogP contribution in [0.1, 0.15) is 48.1 Å². The van der Waals surface area contributed by atoms with Crippen molar-refractivity contribution in [3.05, 3.63) is 64.7 Å². The number of rotatable bonds is 6. The van der Waals surface area contributed by atoms with Crippen LogP contribution in [0.3, 0.4) is 0 Å². The number of aryl methyl sites for hydroxylation is 3. The van der Waals surface area contributed by atoms with Crippen molar-refractivity contribution in [2.24, 2.45) is 0 Å². The number of carbonyl (C=O) groups is 1. The highest BCUT2D eigenvalue weighted by atomic mass is 32.2. The predicted octanol–water partition coefficient (Wildman–Crippen LogP) is 3.52. The highest BCUT2D eigenvalue weighted by Crippen LogP contribution is 2.25. The van der Waals surface area contributed by atoms with E-state index in [4.69, 9.17) is 0 Å². The van der Waals surface area contributed by atoms with E-state index in [-0.39, 0.29) is 18.5 Å². The Kier molecular flexibility index (Phi) is 6.08. The number of amides is 1. The van der Waals surface area contributed by atoms with E-state index in [0.29, 0.717) is 5.69 Å². The molecule has 6 heteroatoms. The van der Waals surface area contributed by atoms with Crippen molar-refractivity contribution < 1.29 is 13.2 Å². The van der Waals surface area contributed by atoms with E-state index in [9.17, 15) is 13.2 Å². The summed E-state index contributed by atoms with van der Waals surface area (Å²) in [6, 6.07) is 13.3. The molecule has 0 heterocycles. The summed E-state index contributed by atoms with van der Waals surface area (Å²) in [6.07, 6.45) is 5.76. The summed E-state index contributed by atoms with van der Waals surface area (Å²) < 4.78 is 25.6. The van der Waals surface area contributed by atoms with Gasteiger partial charge in [-0.3, -0.25) is 9.10 Å². The van der Waals surface area contributed by atoms with Crippen LogP contribution in [0.4, 0.5) is 5.69 Å². The first-order valence-electron chi connectivity index (χ1n) is 9.69. The molecule has 0 fully saturated rings. The Morgan fingerprint density at radius 2 is 1.71 bits per heavy atom. The van der Waals surface area contributed by atoms with E-state index in [0.717, 1.165) is 34.5 Å². The average molecular weight is 401 g/mol. The number of fused-ring (bicyclic) bond motifs is 1. The normalized spacial score (nSPS) is 14.8. The second-order valence-corrected chi connectivity index (χ2v) is 9.54. The summed E-state index contributed by atoms with van der Waals surface area (Å²) in [4.78, 5) is 12.6. The van der Waals surface area contributed by atoms with Crippen LogP contribution < -0.4 is 9.62 Å². The zero-order valence-corrected chi connectivity index (χ0v) is 17.6. The van der Waals surface area contributed by atoms with Crippen LogP contribution in [-0.4, -0.2) is 27.1 Å². The van der Waals surface area contributed by atoms with Crippen LogP contribution in [0.5, 0.6) is 0 Å². The molecule has 1 amide bonds. The molecule has 1 unspecified atom stereocenters. The van der Waals surface area contributed by atoms with Gasteiger partial charge in [0.2, 0.25) is 15.9 Å². The van der Waals surface area contributed by atoms with Crippen molar-refractivity contribution in [2.75, 3.05) is 17.1 Å². The standard InChI is InChI=1S/C22H28N2O3S/c1-16-8-12-21(13-9-16)24(28(3,26)27)15-22(25)23-17(2)19-11-10-18-6-4-5-7-20(18)14-19/h8-14,17H,4-7,15H2,1-3H3,(H,23,25). The van der Waals surface area contributed by atoms with E-state index in [1.807, 2.05) is 26.0 Å². The molecule has 150 valence electrons. The summed E-state index contributed by atoms with van der Waals surface area (Å²) in [7, 11) is -3.57. The topological polar surface area (TPSA) is 66.5 Å². The van der Waals surface area contributed by atoms with E-state index < -0.39 is 10.0 Å². The van der Waals surface area contributed by atoms with Gasteiger partial charge in [0, 0.05) is 0 Å². The van der Waals surface area contributed by atoms with Crippen LogP contribution >= 0.6 is 0 Å². The molecule has 0 spiro atoms. The fourth-order valence-corrected chi connectivity index (χ4v) is 4.49. The molecule has 5 nitrogen and oxygen atoms in total. The molecule has 1 N–H and O–H groups in total. The van der Waals surface area contributed by atoms with Gasteiger partial charge in [-0.1, -0.05) is 35.9 Å². The predicted molar refractivity (Wildman–Crippen MR) is 113 cm³/mol. The molecule has 0 aliphatic heterocycles. The van der Waals surface area contributed by atoms with Crippen molar-refractivity contribution in [1.82, 2.24) is 5.32 Å². The van der Waals surface area contributed by atoms with Crippen molar-refractivity contribution in [2.45, 2.75) is 45.6 Å². The molecule has 28 heavy (non-hydrogen) atoms. The van der Waals surface area contributed by atoms with Gasteiger partial charge in [-0.2, -0.15) is 0 Å². The number of sulfonamides is 1. The minimum absolute atomic E-state index is 0.181. The van der Waals surface area contributed by atoms with Crippen molar-refractivity contribution in [3.63, 3.8) is 0 Å². The molecule has 0 saturated carbocycles. The quantitative estimate of drug-likeness (QED) is 0.807. The summed E-state index contributed by atoms with van der Waals surface area (Å²) in [5.74, 6) is -0.323. The number of benzene rings is 2. The lowest BCUT2D eigenvalue weighted by molar-refractivity contribution is -0.120. The third-order valence-electron chi connectivity index (χ3n) is 5.26. The third-order valence-corrected chi connectivity index (χ3v) is 6.40. The number of hydrogen-bond acceptors (Lipinski definition) is 3. The molecule has 2 aromatic carbocycles. The highest BCUT2D eigenvalue weighted by Gasteiger charge is 2.22. The Morgan fingerprint density at radius 1 is 1.07 bits per heavy atom. The molecule has 0 bridgehead atoms. The van der Waals surface area contributed by atoms with Crippen LogP contribution in [0, 0.1) is 6.92 Å². The van der Waals surface area contributed by atoms with Crippen LogP contribution in [0.2, 0.25) is 0 Å². The van der Waals surface area contributed by atoms with Gasteiger partial charge in [0.05, 0.1) is 18.0 Å². The molecule has 1 aliphatic carbocycles. The minimum atomic E-state index is -3.57. The maximum absolute atomic E-state index is 12.6. The second-order valence-electron chi connectivity index (χ2n) is 7.63. The van der Waals surface area contributed by atoms with E-state index in [1.165, 1.54) is 24.0 Å². The maximum atomic E-state index is 12.6. The molecule has 0 saturated heterocycles. The number of carbonyl (C=O) groups excluding carboxylic acids is 1. The monoisotopic (exact) mass is 400 g/mol. The highest BCUT2D eigenvalue weighted by molar-refractivity contribution is 7.92. The van der Waals surface area contributed by atoms with Crippen LogP contribution in [0.15, 0.2) is 42.5 Å². The summed E-state index contributed by atoms with van der Waals surface area (Å²) >= 11 is 0. The van der Waals surface area contributed by atoms with Gasteiger partial charge in [-0.15, -0.1) is 0 Å². The number of hydrogen-bond donors (Lipinski definition) is 1. The first kappa shape index (κ1) is 20.4. The van der Waals surface area contributed by atoms with Crippen molar-refractivity contribution >= 4 is 21.6 Å². The molecule has 0 aromatic heterocycles. The van der Waals surface area contributed by atoms with E-state index in [1.54, 1.807) is 12.1 Å². The molecule has 1 atom stereocenters. The Balaban J connectivity index is 1.71. The maximum Gasteiger partial charge on any atom is 0.241 e. The van der Waals surface area contributed by atoms with Gasteiger partial charge in [-0.25, -0.2) is 8.42 Å². The fraction of sp³-hybridized carbons (Fsp3) is 0.409. The second kappa shape index (κ2) is 8.35. The summed E-state index contributed by atoms with van der Waals surface area (Å²) in [5, 5.41) is 2.94. The molecular formula is C22H28N2O3S. The van der Waals surface area contributed by atoms with E-state index >= 15 is 0 Å². The number of nitrogens with zero attached hydrogens (tertiary/aromatic N) is 1. The van der Waals surface area contributed by atoms with Crippen molar-refractivity contribution in [1.29, 1.82) is 0 Å². The molecular weight excluding hydrogens is 372 g/mol. The first-order chi connectivity index (χ1) is 13.2. The zero-order chi connectivity index (χ0) is 20.3. The van der Waals surface area contributed by atoms with Gasteiger partial charge >= 0.3 is 0 Å². The average Bonchev–Trinajstić information content (AvgIpc) is 2.65. The van der Waals surface area contributed by atoms with Gasteiger partial charge in [-0.05, 0) is 68.4 Å². The molecule has 0 radical (unpaired) electrons. The lowest BCUT2D eigenvalue weighted by atomic mass is 9.89. The lowest BCUT2D eigenvalue weighted by Gasteiger charge is -2.24. The molecule has 1 aliphatic rings. The number of anilines is 1. The van der Waals surface area contributed by atoms with Gasteiger partial charge in [0.1, 0.15) is 6.54 Å². The Morgan fingerprint density at radius 3 is 2.36 bits per heavy atom. The summed E-state index contributed by atoms with van der Waals surface area (Å²) in [6.45, 7) is 3.62. The van der Waals surface area contributed by atoms with Gasteiger partial charge < -0.3 is 5.32 Å². The van der Waals surface area contributed by atoms with Gasteiger partial charge in [0.15, 0.2) is 0 Å². The van der Waals surface area contributed by atoms with Gasteiger partial charge in [0.25, 0.3) is 0 Å². The van der Waals surface area contributed by atoms with Crippen LogP contribution in [-0.2, 0) is 27.7 Å². The zero-order valence-electron chi connectivity index (χ0n) is 16.7. The van der Waals surface area contributed by atoms with Crippen LogP contribution in [0.25, 0.3) is 0 Å². The molecule has 3 rings (SSSR count). The smallest absolute Gasteiger partial charge is 0.241 e. The summed E-state index contributed by atoms with van der Waals surface area (Å²) in [5.41, 5.74) is 5.33. The number of nitrogens with one attached hydrogen (secondary N) is 1. The Labute approximate surface area is 167 Å². The first-order valence-corrected chi connectivity index (χ1v) is 11.5. The SMILES string of the molecule is Cc1ccc(N(CC(=O)NC(C)c2ccc3c(c2)CCCC3)S(C)(=O)=O)cc1. The minimum Gasteiger partial charge on any atom is -0.348 e. The van der Waals surface area contributed by atoms with Crippen molar-refractivity contribution in [3.8, 4) is 0 Å². The Bertz CT molecular complexity index is 952. The third kappa shape index (κ3) is 4.93. The lowest BCUT2D eigenvalue weighted by Crippen LogP contribution is -2.41.